The van der Waals surface area contributed by atoms with E-state index in [1.54, 1.807) is 19.1 Å². The molecule has 0 fully saturated rings. The molecule has 2 aromatic carbocycles. The zero-order chi connectivity index (χ0) is 21.0. The van der Waals surface area contributed by atoms with Gasteiger partial charge in [0.2, 0.25) is 5.76 Å². The maximum atomic E-state index is 13.3. The van der Waals surface area contributed by atoms with E-state index in [-0.39, 0.29) is 5.76 Å². The molecule has 2 amide bonds. The second-order valence-electron chi connectivity index (χ2n) is 6.49. The van der Waals surface area contributed by atoms with Crippen molar-refractivity contribution in [3.63, 3.8) is 0 Å². The fourth-order valence-electron chi connectivity index (χ4n) is 2.54. The van der Waals surface area contributed by atoms with Crippen LogP contribution >= 0.6 is 0 Å². The molecule has 1 aromatic heterocycles. The van der Waals surface area contributed by atoms with Gasteiger partial charge >= 0.3 is 5.91 Å². The summed E-state index contributed by atoms with van der Waals surface area (Å²) in [6, 6.07) is 12.6. The summed E-state index contributed by atoms with van der Waals surface area (Å²) in [6.45, 7) is 5.42. The van der Waals surface area contributed by atoms with Crippen molar-refractivity contribution >= 4 is 11.8 Å². The van der Waals surface area contributed by atoms with E-state index in [2.05, 4.69) is 16.0 Å². The summed E-state index contributed by atoms with van der Waals surface area (Å²) in [5, 5.41) is 3.74. The van der Waals surface area contributed by atoms with Crippen LogP contribution in [0.3, 0.4) is 0 Å². The van der Waals surface area contributed by atoms with Gasteiger partial charge in [0.15, 0.2) is 6.10 Å². The molecule has 150 valence electrons. The molecule has 0 saturated carbocycles. The van der Waals surface area contributed by atoms with Gasteiger partial charge in [-0.25, -0.2) is 4.39 Å². The highest BCUT2D eigenvalue weighted by atomic mass is 19.1. The molecule has 0 spiro atoms. The highest BCUT2D eigenvalue weighted by molar-refractivity contribution is 5.94. The van der Waals surface area contributed by atoms with Gasteiger partial charge in [-0.3, -0.25) is 20.4 Å². The predicted octanol–water partition coefficient (Wildman–Crippen LogP) is 3.33. The number of carbonyl (C=O) groups excluding carboxylic acids is 2. The van der Waals surface area contributed by atoms with Crippen molar-refractivity contribution in [2.24, 2.45) is 0 Å². The Kier molecular flexibility index (Phi) is 5.92. The number of aryl methyl sites for hydroxylation is 1. The normalized spacial score (nSPS) is 11.6. The fraction of sp³-hybridized carbons (Fsp3) is 0.190. The molecule has 2 N–H and O–H groups in total. The number of carbonyl (C=O) groups is 2. The molecule has 0 aliphatic heterocycles. The van der Waals surface area contributed by atoms with E-state index >= 15 is 0 Å². The van der Waals surface area contributed by atoms with Gasteiger partial charge in [-0.1, -0.05) is 29.4 Å². The summed E-state index contributed by atoms with van der Waals surface area (Å²) < 4.78 is 23.9. The Hall–Kier alpha value is -3.68. The Morgan fingerprint density at radius 1 is 1.10 bits per heavy atom. The topological polar surface area (TPSA) is 93.5 Å². The lowest BCUT2D eigenvalue weighted by atomic mass is 10.1. The largest absolute Gasteiger partial charge is 0.481 e. The van der Waals surface area contributed by atoms with Crippen molar-refractivity contribution in [2.75, 3.05) is 0 Å². The van der Waals surface area contributed by atoms with Crippen molar-refractivity contribution in [1.29, 1.82) is 0 Å². The van der Waals surface area contributed by atoms with Gasteiger partial charge in [0.05, 0.1) is 0 Å². The van der Waals surface area contributed by atoms with Crippen LogP contribution in [0.15, 0.2) is 53.1 Å². The van der Waals surface area contributed by atoms with Crippen LogP contribution < -0.4 is 15.6 Å². The fourth-order valence-corrected chi connectivity index (χ4v) is 2.54. The molecular weight excluding hydrogens is 377 g/mol. The predicted molar refractivity (Wildman–Crippen MR) is 104 cm³/mol. The number of benzene rings is 2. The minimum atomic E-state index is -0.839. The number of hydrogen-bond acceptors (Lipinski definition) is 5. The number of amides is 2. The van der Waals surface area contributed by atoms with Crippen LogP contribution in [0.1, 0.15) is 28.6 Å². The summed E-state index contributed by atoms with van der Waals surface area (Å²) >= 11 is 0. The second kappa shape index (κ2) is 8.55. The SMILES string of the molecule is Cc1cccc(OC(C)C(=O)NNC(=O)c2cc(-c3cccc(F)c3)no2)c1C. The molecule has 0 radical (unpaired) electrons. The first kappa shape index (κ1) is 20.1. The first-order chi connectivity index (χ1) is 13.8. The van der Waals surface area contributed by atoms with E-state index in [1.165, 1.54) is 24.3 Å². The highest BCUT2D eigenvalue weighted by Gasteiger charge is 2.19. The molecule has 3 aromatic rings. The Morgan fingerprint density at radius 2 is 1.86 bits per heavy atom. The van der Waals surface area contributed by atoms with Crippen LogP contribution in [0, 0.1) is 19.7 Å². The van der Waals surface area contributed by atoms with Crippen molar-refractivity contribution in [3.8, 4) is 17.0 Å². The minimum Gasteiger partial charge on any atom is -0.481 e. The average molecular weight is 397 g/mol. The molecule has 3 rings (SSSR count). The van der Waals surface area contributed by atoms with Crippen LogP contribution in [-0.2, 0) is 4.79 Å². The molecule has 7 nitrogen and oxygen atoms in total. The van der Waals surface area contributed by atoms with Crippen LogP contribution in [0.4, 0.5) is 4.39 Å². The van der Waals surface area contributed by atoms with Gasteiger partial charge in [0.1, 0.15) is 17.3 Å². The molecule has 0 bridgehead atoms. The van der Waals surface area contributed by atoms with E-state index < -0.39 is 23.7 Å². The number of nitrogens with one attached hydrogen (secondary N) is 2. The highest BCUT2D eigenvalue weighted by Crippen LogP contribution is 2.22. The zero-order valence-electron chi connectivity index (χ0n) is 16.2. The third-order valence-corrected chi connectivity index (χ3v) is 4.38. The first-order valence-corrected chi connectivity index (χ1v) is 8.91. The standard InChI is InChI=1S/C21H20FN3O4/c1-12-6-4-9-18(13(12)2)28-14(3)20(26)23-24-21(27)19-11-17(25-29-19)15-7-5-8-16(22)10-15/h4-11,14H,1-3H3,(H,23,26)(H,24,27). The van der Waals surface area contributed by atoms with Crippen molar-refractivity contribution in [3.05, 3.63) is 71.2 Å². The molecule has 29 heavy (non-hydrogen) atoms. The molecule has 0 aliphatic carbocycles. The number of rotatable bonds is 5. The summed E-state index contributed by atoms with van der Waals surface area (Å²) in [5.74, 6) is -1.21. The molecule has 0 aliphatic rings. The first-order valence-electron chi connectivity index (χ1n) is 8.91. The maximum absolute atomic E-state index is 13.3. The lowest BCUT2D eigenvalue weighted by molar-refractivity contribution is -0.128. The van der Waals surface area contributed by atoms with Crippen LogP contribution in [-0.4, -0.2) is 23.1 Å². The summed E-state index contributed by atoms with van der Waals surface area (Å²) in [5.41, 5.74) is 7.26. The van der Waals surface area contributed by atoms with E-state index in [1.807, 2.05) is 26.0 Å². The third-order valence-electron chi connectivity index (χ3n) is 4.38. The number of hydrogen-bond donors (Lipinski definition) is 2. The lowest BCUT2D eigenvalue weighted by Gasteiger charge is -2.17. The van der Waals surface area contributed by atoms with Gasteiger partial charge in [-0.2, -0.15) is 0 Å². The van der Waals surface area contributed by atoms with Crippen LogP contribution in [0.5, 0.6) is 5.75 Å². The Labute approximate surface area is 166 Å². The van der Waals surface area contributed by atoms with E-state index in [4.69, 9.17) is 9.26 Å². The van der Waals surface area contributed by atoms with Gasteiger partial charge < -0.3 is 9.26 Å². The Bertz CT molecular complexity index is 1050. The number of ether oxygens (including phenoxy) is 1. The quantitative estimate of drug-likeness (QED) is 0.644. The molecule has 0 saturated heterocycles. The summed E-state index contributed by atoms with van der Waals surface area (Å²) in [4.78, 5) is 24.4. The smallest absolute Gasteiger partial charge is 0.308 e. The Balaban J connectivity index is 1.57. The maximum Gasteiger partial charge on any atom is 0.308 e. The van der Waals surface area contributed by atoms with Gasteiger partial charge in [-0.05, 0) is 50.1 Å². The van der Waals surface area contributed by atoms with Crippen molar-refractivity contribution in [1.82, 2.24) is 16.0 Å². The van der Waals surface area contributed by atoms with E-state index in [9.17, 15) is 14.0 Å². The molecule has 8 heteroatoms. The van der Waals surface area contributed by atoms with Crippen molar-refractivity contribution in [2.45, 2.75) is 26.9 Å². The number of nitrogens with zero attached hydrogens (tertiary/aromatic N) is 1. The second-order valence-corrected chi connectivity index (χ2v) is 6.49. The lowest BCUT2D eigenvalue weighted by Crippen LogP contribution is -2.47. The number of aromatic nitrogens is 1. The Morgan fingerprint density at radius 3 is 2.62 bits per heavy atom. The van der Waals surface area contributed by atoms with E-state index in [0.717, 1.165) is 11.1 Å². The molecule has 1 atom stereocenters. The summed E-state index contributed by atoms with van der Waals surface area (Å²) in [7, 11) is 0. The number of halogens is 1. The monoisotopic (exact) mass is 397 g/mol. The summed E-state index contributed by atoms with van der Waals surface area (Å²) in [6.07, 6.45) is -0.839. The molecule has 1 unspecified atom stereocenters. The van der Waals surface area contributed by atoms with Gasteiger partial charge in [0.25, 0.3) is 5.91 Å². The third kappa shape index (κ3) is 4.78. The molecule has 1 heterocycles. The van der Waals surface area contributed by atoms with Gasteiger partial charge in [-0.15, -0.1) is 0 Å². The van der Waals surface area contributed by atoms with Gasteiger partial charge in [0, 0.05) is 11.6 Å². The molecular formula is C21H20FN3O4. The van der Waals surface area contributed by atoms with Crippen LogP contribution in [0.2, 0.25) is 0 Å². The average Bonchev–Trinajstić information content (AvgIpc) is 3.19. The minimum absolute atomic E-state index is 0.132. The van der Waals surface area contributed by atoms with Crippen molar-refractivity contribution < 1.29 is 23.2 Å². The van der Waals surface area contributed by atoms with Crippen LogP contribution in [0.25, 0.3) is 11.3 Å². The zero-order valence-corrected chi connectivity index (χ0v) is 16.2. The van der Waals surface area contributed by atoms with E-state index in [0.29, 0.717) is 17.0 Å². The number of hydrazine groups is 1.